The molecule has 2 aromatic heterocycles. The molecule has 2 heterocycles. The minimum atomic E-state index is -4.50. The standard InChI is InChI=1S/C19H15F3N4O2S/c20-19(21,22)13-7-8-15(23-10-13)25-17(28)14-11-29-18(24-14)26-16(27)9-6-12-4-2-1-3-5-12/h1-5,7-8,10-11H,6,9H2,(H,23,25,28)(H,24,26,27). The maximum absolute atomic E-state index is 12.5. The van der Waals surface area contributed by atoms with Gasteiger partial charge in [0.1, 0.15) is 11.5 Å². The summed E-state index contributed by atoms with van der Waals surface area (Å²) in [7, 11) is 0. The molecule has 2 amide bonds. The van der Waals surface area contributed by atoms with Gasteiger partial charge in [-0.1, -0.05) is 30.3 Å². The number of nitrogens with zero attached hydrogens (tertiary/aromatic N) is 2. The van der Waals surface area contributed by atoms with E-state index in [1.165, 1.54) is 5.38 Å². The molecule has 0 spiro atoms. The molecule has 3 rings (SSSR count). The van der Waals surface area contributed by atoms with Gasteiger partial charge in [-0.05, 0) is 24.1 Å². The van der Waals surface area contributed by atoms with Crippen molar-refractivity contribution in [3.05, 3.63) is 70.9 Å². The van der Waals surface area contributed by atoms with Crippen LogP contribution in [0.25, 0.3) is 0 Å². The number of halogens is 3. The Morgan fingerprint density at radius 3 is 2.45 bits per heavy atom. The molecule has 0 atom stereocenters. The number of pyridine rings is 1. The first-order valence-electron chi connectivity index (χ1n) is 8.45. The van der Waals surface area contributed by atoms with Crippen LogP contribution in [0.3, 0.4) is 0 Å². The Morgan fingerprint density at radius 2 is 1.79 bits per heavy atom. The predicted octanol–water partition coefficient (Wildman–Crippen LogP) is 4.38. The maximum Gasteiger partial charge on any atom is 0.417 e. The second-order valence-electron chi connectivity index (χ2n) is 5.96. The molecule has 0 fully saturated rings. The topological polar surface area (TPSA) is 84.0 Å². The molecule has 0 unspecified atom stereocenters. The van der Waals surface area contributed by atoms with Gasteiger partial charge in [-0.15, -0.1) is 11.3 Å². The number of amides is 2. The lowest BCUT2D eigenvalue weighted by atomic mass is 10.1. The van der Waals surface area contributed by atoms with Crippen molar-refractivity contribution in [2.24, 2.45) is 0 Å². The van der Waals surface area contributed by atoms with Gasteiger partial charge >= 0.3 is 6.18 Å². The molecular formula is C19H15F3N4O2S. The zero-order valence-corrected chi connectivity index (χ0v) is 15.7. The van der Waals surface area contributed by atoms with Crippen molar-refractivity contribution in [2.45, 2.75) is 19.0 Å². The Balaban J connectivity index is 1.53. The maximum atomic E-state index is 12.5. The number of hydrogen-bond donors (Lipinski definition) is 2. The van der Waals surface area contributed by atoms with Crippen LogP contribution in [0.2, 0.25) is 0 Å². The number of thiazole rings is 1. The molecule has 10 heteroatoms. The van der Waals surface area contributed by atoms with Gasteiger partial charge in [0.15, 0.2) is 5.13 Å². The fourth-order valence-electron chi connectivity index (χ4n) is 2.34. The monoisotopic (exact) mass is 420 g/mol. The average Bonchev–Trinajstić information content (AvgIpc) is 3.15. The van der Waals surface area contributed by atoms with Crippen LogP contribution < -0.4 is 10.6 Å². The molecule has 3 aromatic rings. The van der Waals surface area contributed by atoms with Gasteiger partial charge < -0.3 is 10.6 Å². The SMILES string of the molecule is O=C(CCc1ccccc1)Nc1nc(C(=O)Nc2ccc(C(F)(F)F)cn2)cs1. The summed E-state index contributed by atoms with van der Waals surface area (Å²) in [5.41, 5.74) is 0.144. The molecule has 0 radical (unpaired) electrons. The van der Waals surface area contributed by atoms with Crippen molar-refractivity contribution in [1.82, 2.24) is 9.97 Å². The van der Waals surface area contributed by atoms with Gasteiger partial charge in [0.05, 0.1) is 5.56 Å². The van der Waals surface area contributed by atoms with Crippen LogP contribution >= 0.6 is 11.3 Å². The van der Waals surface area contributed by atoms with E-state index in [0.717, 1.165) is 29.0 Å². The van der Waals surface area contributed by atoms with Crippen LogP contribution in [0.1, 0.15) is 28.0 Å². The van der Waals surface area contributed by atoms with Crippen LogP contribution in [-0.2, 0) is 17.4 Å². The highest BCUT2D eigenvalue weighted by Crippen LogP contribution is 2.29. The lowest BCUT2D eigenvalue weighted by Gasteiger charge is -2.07. The van der Waals surface area contributed by atoms with Crippen molar-refractivity contribution < 1.29 is 22.8 Å². The molecule has 0 aliphatic rings. The molecule has 0 saturated heterocycles. The summed E-state index contributed by atoms with van der Waals surface area (Å²) < 4.78 is 37.6. The number of rotatable bonds is 6. The number of aryl methyl sites for hydroxylation is 1. The molecule has 1 aromatic carbocycles. The zero-order chi connectivity index (χ0) is 20.9. The fourth-order valence-corrected chi connectivity index (χ4v) is 3.04. The van der Waals surface area contributed by atoms with E-state index in [-0.39, 0.29) is 29.0 Å². The largest absolute Gasteiger partial charge is 0.417 e. The van der Waals surface area contributed by atoms with Crippen LogP contribution in [0.4, 0.5) is 24.1 Å². The number of carbonyl (C=O) groups excluding carboxylic acids is 2. The number of aromatic nitrogens is 2. The number of benzene rings is 1. The van der Waals surface area contributed by atoms with E-state index in [0.29, 0.717) is 12.6 Å². The number of nitrogens with one attached hydrogen (secondary N) is 2. The summed E-state index contributed by atoms with van der Waals surface area (Å²) in [5.74, 6) is -0.915. The quantitative estimate of drug-likeness (QED) is 0.620. The highest BCUT2D eigenvalue weighted by molar-refractivity contribution is 7.14. The normalized spacial score (nSPS) is 11.1. The molecule has 0 saturated carbocycles. The lowest BCUT2D eigenvalue weighted by Crippen LogP contribution is -2.15. The Bertz CT molecular complexity index is 989. The van der Waals surface area contributed by atoms with Gasteiger partial charge in [-0.2, -0.15) is 13.2 Å². The van der Waals surface area contributed by atoms with E-state index in [1.54, 1.807) is 0 Å². The number of anilines is 2. The highest BCUT2D eigenvalue weighted by atomic mass is 32.1. The molecule has 29 heavy (non-hydrogen) atoms. The van der Waals surface area contributed by atoms with Crippen LogP contribution in [0.5, 0.6) is 0 Å². The van der Waals surface area contributed by atoms with E-state index in [4.69, 9.17) is 0 Å². The predicted molar refractivity (Wildman–Crippen MR) is 103 cm³/mol. The second kappa shape index (κ2) is 8.82. The third kappa shape index (κ3) is 5.85. The molecule has 150 valence electrons. The molecule has 0 bridgehead atoms. The van der Waals surface area contributed by atoms with E-state index in [9.17, 15) is 22.8 Å². The van der Waals surface area contributed by atoms with Gasteiger partial charge in [-0.3, -0.25) is 9.59 Å². The molecule has 0 aliphatic heterocycles. The number of hydrogen-bond acceptors (Lipinski definition) is 5. The molecule has 0 aliphatic carbocycles. The van der Waals surface area contributed by atoms with Crippen molar-refractivity contribution >= 4 is 34.1 Å². The second-order valence-corrected chi connectivity index (χ2v) is 6.81. The molecular weight excluding hydrogens is 405 g/mol. The van der Waals surface area contributed by atoms with Crippen molar-refractivity contribution in [1.29, 1.82) is 0 Å². The fraction of sp³-hybridized carbons (Fsp3) is 0.158. The summed E-state index contributed by atoms with van der Waals surface area (Å²) in [6.45, 7) is 0. The minimum absolute atomic E-state index is 0.0232. The summed E-state index contributed by atoms with van der Waals surface area (Å²) in [6.07, 6.45) is -3.03. The first kappa shape index (κ1) is 20.5. The Morgan fingerprint density at radius 1 is 1.03 bits per heavy atom. The van der Waals surface area contributed by atoms with E-state index in [2.05, 4.69) is 20.6 Å². The average molecular weight is 420 g/mol. The van der Waals surface area contributed by atoms with Crippen LogP contribution in [-0.4, -0.2) is 21.8 Å². The van der Waals surface area contributed by atoms with Crippen molar-refractivity contribution in [2.75, 3.05) is 10.6 Å². The van der Waals surface area contributed by atoms with Gasteiger partial charge in [-0.25, -0.2) is 9.97 Å². The highest BCUT2D eigenvalue weighted by Gasteiger charge is 2.30. The Hall–Kier alpha value is -3.27. The zero-order valence-electron chi connectivity index (χ0n) is 14.9. The minimum Gasteiger partial charge on any atom is -0.305 e. The van der Waals surface area contributed by atoms with E-state index >= 15 is 0 Å². The first-order chi connectivity index (χ1) is 13.8. The molecule has 6 nitrogen and oxygen atoms in total. The smallest absolute Gasteiger partial charge is 0.305 e. The van der Waals surface area contributed by atoms with Crippen LogP contribution in [0.15, 0.2) is 54.0 Å². The van der Waals surface area contributed by atoms with Gasteiger partial charge in [0, 0.05) is 18.0 Å². The third-order valence-corrected chi connectivity index (χ3v) is 4.56. The summed E-state index contributed by atoms with van der Waals surface area (Å²) >= 11 is 1.07. The van der Waals surface area contributed by atoms with Gasteiger partial charge in [0.25, 0.3) is 5.91 Å². The number of alkyl halides is 3. The van der Waals surface area contributed by atoms with Gasteiger partial charge in [0.2, 0.25) is 5.91 Å². The Kier molecular flexibility index (Phi) is 6.23. The molecule has 2 N–H and O–H groups in total. The van der Waals surface area contributed by atoms with Crippen molar-refractivity contribution in [3.8, 4) is 0 Å². The van der Waals surface area contributed by atoms with Crippen LogP contribution in [0, 0.1) is 0 Å². The summed E-state index contributed by atoms with van der Waals surface area (Å²) in [5, 5.41) is 6.68. The summed E-state index contributed by atoms with van der Waals surface area (Å²) in [4.78, 5) is 31.8. The first-order valence-corrected chi connectivity index (χ1v) is 9.33. The number of carbonyl (C=O) groups is 2. The summed E-state index contributed by atoms with van der Waals surface area (Å²) in [6, 6.07) is 11.4. The van der Waals surface area contributed by atoms with Crippen molar-refractivity contribution in [3.63, 3.8) is 0 Å². The lowest BCUT2D eigenvalue weighted by molar-refractivity contribution is -0.137. The third-order valence-electron chi connectivity index (χ3n) is 3.80. The van der Waals surface area contributed by atoms with E-state index in [1.807, 2.05) is 30.3 Å². The van der Waals surface area contributed by atoms with E-state index < -0.39 is 17.6 Å². The Labute approximate surface area is 167 Å².